The SMILES string of the molecule is NC(=NCCN1CCCCCC1)Nc1cccc2c1CCCC2. The lowest BCUT2D eigenvalue weighted by molar-refractivity contribution is 0.293. The summed E-state index contributed by atoms with van der Waals surface area (Å²) in [6, 6.07) is 6.49. The van der Waals surface area contributed by atoms with Gasteiger partial charge in [-0.05, 0) is 68.8 Å². The van der Waals surface area contributed by atoms with Crippen molar-refractivity contribution in [2.24, 2.45) is 10.7 Å². The Morgan fingerprint density at radius 3 is 2.65 bits per heavy atom. The van der Waals surface area contributed by atoms with E-state index in [4.69, 9.17) is 5.73 Å². The second-order valence-electron chi connectivity index (χ2n) is 6.80. The van der Waals surface area contributed by atoms with Gasteiger partial charge in [-0.15, -0.1) is 0 Å². The highest BCUT2D eigenvalue weighted by atomic mass is 15.1. The molecule has 0 saturated carbocycles. The molecule has 3 rings (SSSR count). The summed E-state index contributed by atoms with van der Waals surface area (Å²) in [4.78, 5) is 7.06. The Morgan fingerprint density at radius 1 is 1.04 bits per heavy atom. The number of anilines is 1. The van der Waals surface area contributed by atoms with Gasteiger partial charge in [0, 0.05) is 12.2 Å². The van der Waals surface area contributed by atoms with Crippen LogP contribution in [0.15, 0.2) is 23.2 Å². The van der Waals surface area contributed by atoms with Gasteiger partial charge in [-0.2, -0.15) is 0 Å². The third-order valence-corrected chi connectivity index (χ3v) is 5.06. The summed E-state index contributed by atoms with van der Waals surface area (Å²) < 4.78 is 0. The van der Waals surface area contributed by atoms with Crippen LogP contribution in [-0.4, -0.2) is 37.0 Å². The van der Waals surface area contributed by atoms with Crippen molar-refractivity contribution in [2.45, 2.75) is 51.4 Å². The second-order valence-corrected chi connectivity index (χ2v) is 6.80. The van der Waals surface area contributed by atoms with Gasteiger partial charge in [-0.25, -0.2) is 0 Å². The molecule has 23 heavy (non-hydrogen) atoms. The Hall–Kier alpha value is -1.55. The molecule has 1 aromatic carbocycles. The lowest BCUT2D eigenvalue weighted by Gasteiger charge is -2.20. The fourth-order valence-corrected chi connectivity index (χ4v) is 3.75. The highest BCUT2D eigenvalue weighted by molar-refractivity contribution is 5.93. The van der Waals surface area contributed by atoms with Gasteiger partial charge in [0.05, 0.1) is 6.54 Å². The summed E-state index contributed by atoms with van der Waals surface area (Å²) >= 11 is 0. The Kier molecular flexibility index (Phi) is 5.92. The predicted octanol–water partition coefficient (Wildman–Crippen LogP) is 3.17. The summed E-state index contributed by atoms with van der Waals surface area (Å²) in [7, 11) is 0. The van der Waals surface area contributed by atoms with Crippen LogP contribution in [0.25, 0.3) is 0 Å². The molecule has 4 heteroatoms. The number of hydrogen-bond donors (Lipinski definition) is 2. The number of rotatable bonds is 4. The van der Waals surface area contributed by atoms with Gasteiger partial charge in [0.25, 0.3) is 0 Å². The molecule has 3 N–H and O–H groups in total. The molecule has 1 fully saturated rings. The molecule has 1 saturated heterocycles. The van der Waals surface area contributed by atoms with Crippen LogP contribution in [0.3, 0.4) is 0 Å². The number of aliphatic imine (C=N–C) groups is 1. The second kappa shape index (κ2) is 8.34. The summed E-state index contributed by atoms with van der Waals surface area (Å²) in [5.41, 5.74) is 10.2. The van der Waals surface area contributed by atoms with Gasteiger partial charge in [-0.1, -0.05) is 25.0 Å². The van der Waals surface area contributed by atoms with E-state index in [-0.39, 0.29) is 0 Å². The van der Waals surface area contributed by atoms with Crippen molar-refractivity contribution in [1.29, 1.82) is 0 Å². The van der Waals surface area contributed by atoms with E-state index in [1.54, 1.807) is 0 Å². The van der Waals surface area contributed by atoms with E-state index in [0.717, 1.165) is 25.2 Å². The third kappa shape index (κ3) is 4.71. The number of nitrogens with two attached hydrogens (primary N) is 1. The van der Waals surface area contributed by atoms with Crippen LogP contribution in [0.4, 0.5) is 5.69 Å². The Morgan fingerprint density at radius 2 is 1.83 bits per heavy atom. The fourth-order valence-electron chi connectivity index (χ4n) is 3.75. The maximum absolute atomic E-state index is 6.11. The molecule has 0 bridgehead atoms. The summed E-state index contributed by atoms with van der Waals surface area (Å²) in [5, 5.41) is 3.33. The number of aryl methyl sites for hydroxylation is 1. The van der Waals surface area contributed by atoms with E-state index in [1.165, 1.54) is 69.2 Å². The zero-order valence-electron chi connectivity index (χ0n) is 14.2. The Labute approximate surface area is 140 Å². The zero-order valence-corrected chi connectivity index (χ0v) is 14.2. The van der Waals surface area contributed by atoms with Gasteiger partial charge in [0.2, 0.25) is 0 Å². The van der Waals surface area contributed by atoms with Crippen molar-refractivity contribution >= 4 is 11.6 Å². The number of nitrogens with zero attached hydrogens (tertiary/aromatic N) is 2. The summed E-state index contributed by atoms with van der Waals surface area (Å²) in [6.45, 7) is 4.24. The minimum atomic E-state index is 0.554. The minimum Gasteiger partial charge on any atom is -0.370 e. The molecule has 0 spiro atoms. The van der Waals surface area contributed by atoms with E-state index in [0.29, 0.717) is 5.96 Å². The highest BCUT2D eigenvalue weighted by Gasteiger charge is 2.13. The van der Waals surface area contributed by atoms with E-state index in [1.807, 2.05) is 0 Å². The summed E-state index contributed by atoms with van der Waals surface area (Å²) in [6.07, 6.45) is 10.3. The molecule has 1 heterocycles. The van der Waals surface area contributed by atoms with Gasteiger partial charge < -0.3 is 16.0 Å². The monoisotopic (exact) mass is 314 g/mol. The van der Waals surface area contributed by atoms with Gasteiger partial charge in [0.1, 0.15) is 0 Å². The van der Waals surface area contributed by atoms with Crippen molar-refractivity contribution in [2.75, 3.05) is 31.5 Å². The Balaban J connectivity index is 1.53. The quantitative estimate of drug-likeness (QED) is 0.663. The molecule has 0 amide bonds. The van der Waals surface area contributed by atoms with E-state index >= 15 is 0 Å². The standard InChI is InChI=1S/C19H30N4/c20-19(21-12-15-23-13-5-1-2-6-14-23)22-18-11-7-9-16-8-3-4-10-17(16)18/h7,9,11H,1-6,8,10,12-15H2,(H3,20,21,22). The molecule has 1 aromatic rings. The first-order valence-electron chi connectivity index (χ1n) is 9.23. The molecule has 0 radical (unpaired) electrons. The molecular weight excluding hydrogens is 284 g/mol. The smallest absolute Gasteiger partial charge is 0.193 e. The highest BCUT2D eigenvalue weighted by Crippen LogP contribution is 2.27. The number of hydrogen-bond acceptors (Lipinski definition) is 2. The lowest BCUT2D eigenvalue weighted by atomic mass is 9.90. The minimum absolute atomic E-state index is 0.554. The van der Waals surface area contributed by atoms with Crippen LogP contribution in [0.1, 0.15) is 49.7 Å². The van der Waals surface area contributed by atoms with Crippen LogP contribution in [0.2, 0.25) is 0 Å². The summed E-state index contributed by atoms with van der Waals surface area (Å²) in [5.74, 6) is 0.554. The van der Waals surface area contributed by atoms with Gasteiger partial charge >= 0.3 is 0 Å². The molecule has 4 nitrogen and oxygen atoms in total. The van der Waals surface area contributed by atoms with Crippen LogP contribution in [-0.2, 0) is 12.8 Å². The maximum Gasteiger partial charge on any atom is 0.193 e. The number of fused-ring (bicyclic) bond motifs is 1. The first kappa shape index (κ1) is 16.3. The maximum atomic E-state index is 6.11. The van der Waals surface area contributed by atoms with Crippen LogP contribution in [0.5, 0.6) is 0 Å². The molecular formula is C19H30N4. The molecule has 1 aliphatic carbocycles. The average molecular weight is 314 g/mol. The molecule has 0 aromatic heterocycles. The number of benzene rings is 1. The van der Waals surface area contributed by atoms with Crippen LogP contribution < -0.4 is 11.1 Å². The molecule has 1 aliphatic heterocycles. The topological polar surface area (TPSA) is 53.6 Å². The van der Waals surface area contributed by atoms with Crippen molar-refractivity contribution in [3.8, 4) is 0 Å². The molecule has 0 unspecified atom stereocenters. The third-order valence-electron chi connectivity index (χ3n) is 5.06. The van der Waals surface area contributed by atoms with E-state index in [9.17, 15) is 0 Å². The van der Waals surface area contributed by atoms with Crippen LogP contribution >= 0.6 is 0 Å². The Bertz CT molecular complexity index is 530. The van der Waals surface area contributed by atoms with Crippen molar-refractivity contribution in [3.63, 3.8) is 0 Å². The number of guanidine groups is 1. The zero-order chi connectivity index (χ0) is 15.9. The average Bonchev–Trinajstić information content (AvgIpc) is 2.84. The molecule has 126 valence electrons. The van der Waals surface area contributed by atoms with E-state index < -0.39 is 0 Å². The van der Waals surface area contributed by atoms with Gasteiger partial charge in [0.15, 0.2) is 5.96 Å². The number of nitrogens with one attached hydrogen (secondary N) is 1. The molecule has 0 atom stereocenters. The number of likely N-dealkylation sites (tertiary alicyclic amines) is 1. The van der Waals surface area contributed by atoms with Crippen molar-refractivity contribution < 1.29 is 0 Å². The first-order chi connectivity index (χ1) is 11.3. The largest absolute Gasteiger partial charge is 0.370 e. The fraction of sp³-hybridized carbons (Fsp3) is 0.632. The van der Waals surface area contributed by atoms with Gasteiger partial charge in [-0.3, -0.25) is 4.99 Å². The van der Waals surface area contributed by atoms with Crippen molar-refractivity contribution in [1.82, 2.24) is 4.90 Å². The van der Waals surface area contributed by atoms with Crippen molar-refractivity contribution in [3.05, 3.63) is 29.3 Å². The van der Waals surface area contributed by atoms with E-state index in [2.05, 4.69) is 33.4 Å². The lowest BCUT2D eigenvalue weighted by Crippen LogP contribution is -2.29. The normalized spacial score (nSPS) is 19.9. The molecule has 2 aliphatic rings. The first-order valence-corrected chi connectivity index (χ1v) is 9.23. The predicted molar refractivity (Wildman–Crippen MR) is 98.1 cm³/mol. The van der Waals surface area contributed by atoms with Crippen LogP contribution in [0, 0.1) is 0 Å².